The maximum atomic E-state index is 13.3. The number of aliphatic hydroxyl groups excluding tert-OH is 5. The lowest BCUT2D eigenvalue weighted by Gasteiger charge is -2.71. The summed E-state index contributed by atoms with van der Waals surface area (Å²) >= 11 is 0. The van der Waals surface area contributed by atoms with Crippen molar-refractivity contribution in [2.24, 2.45) is 56.7 Å². The molecule has 0 radical (unpaired) electrons. The maximum Gasteiger partial charge on any atom is 0.307 e. The lowest BCUT2D eigenvalue weighted by atomic mass is 9.34. The van der Waals surface area contributed by atoms with E-state index in [1.54, 1.807) is 0 Å². The number of ether oxygens (including phenoxy) is 3. The van der Waals surface area contributed by atoms with Gasteiger partial charge in [0.1, 0.15) is 24.4 Å². The fourth-order valence-corrected chi connectivity index (χ4v) is 12.2. The standard InChI is InChI=1S/C36H58O10/c1-18(2)19(3)32(4)12-13-34(6)20-8-9-24-33(5)16-44-17-36(24,21(20)10-11-35(34,7)28(32)30(42)43)14-22(38)29(33)46-31-27(41)26(40)25(39)23(15-37)45-31/h10,18-20,22-29,31,37-41H,8-9,11-17H2,1-7H3,(H,42,43)/t19-,20+,22-,23?,24+,25-,26+,27?,28-,29+,31+,32-,33+,34-,35+,36+/m1/s1. The van der Waals surface area contributed by atoms with E-state index in [2.05, 4.69) is 54.5 Å². The van der Waals surface area contributed by atoms with E-state index in [0.29, 0.717) is 32.0 Å². The van der Waals surface area contributed by atoms with E-state index in [-0.39, 0.29) is 28.6 Å². The van der Waals surface area contributed by atoms with Gasteiger partial charge >= 0.3 is 5.97 Å². The Morgan fingerprint density at radius 1 is 0.978 bits per heavy atom. The minimum absolute atomic E-state index is 0.104. The fraction of sp³-hybridized carbons (Fsp3) is 0.917. The van der Waals surface area contributed by atoms with Crippen LogP contribution < -0.4 is 0 Å². The summed E-state index contributed by atoms with van der Waals surface area (Å²) in [5.74, 6) is -0.261. The summed E-state index contributed by atoms with van der Waals surface area (Å²) < 4.78 is 18.4. The summed E-state index contributed by atoms with van der Waals surface area (Å²) in [5.41, 5.74) is -0.767. The molecule has 16 atom stereocenters. The average Bonchev–Trinajstić information content (AvgIpc) is 2.99. The van der Waals surface area contributed by atoms with Crippen LogP contribution in [0.4, 0.5) is 0 Å². The molecule has 2 unspecified atom stereocenters. The van der Waals surface area contributed by atoms with Gasteiger partial charge in [0.2, 0.25) is 0 Å². The first-order valence-electron chi connectivity index (χ1n) is 17.6. The average molecular weight is 651 g/mol. The van der Waals surface area contributed by atoms with Gasteiger partial charge in [-0.1, -0.05) is 60.1 Å². The van der Waals surface area contributed by atoms with Crippen molar-refractivity contribution in [3.8, 4) is 0 Å². The van der Waals surface area contributed by atoms with Gasteiger partial charge in [-0.3, -0.25) is 4.79 Å². The van der Waals surface area contributed by atoms with Crippen LogP contribution in [-0.2, 0) is 19.0 Å². The summed E-state index contributed by atoms with van der Waals surface area (Å²) in [6.45, 7) is 15.7. The van der Waals surface area contributed by atoms with Crippen LogP contribution in [0.3, 0.4) is 0 Å². The second-order valence-electron chi connectivity index (χ2n) is 17.4. The lowest BCUT2D eigenvalue weighted by molar-refractivity contribution is -0.349. The highest BCUT2D eigenvalue weighted by atomic mass is 16.7. The Kier molecular flexibility index (Phi) is 8.66. The Morgan fingerprint density at radius 2 is 1.67 bits per heavy atom. The summed E-state index contributed by atoms with van der Waals surface area (Å²) in [5, 5.41) is 63.9. The molecular weight excluding hydrogens is 592 g/mol. The molecule has 6 rings (SSSR count). The van der Waals surface area contributed by atoms with Gasteiger partial charge in [-0.15, -0.1) is 0 Å². The highest BCUT2D eigenvalue weighted by Gasteiger charge is 2.72. The molecule has 2 aliphatic heterocycles. The van der Waals surface area contributed by atoms with Crippen LogP contribution in [0.5, 0.6) is 0 Å². The number of carbonyl (C=O) groups is 1. The summed E-state index contributed by atoms with van der Waals surface area (Å²) in [4.78, 5) is 13.3. The first kappa shape index (κ1) is 34.7. The van der Waals surface area contributed by atoms with Gasteiger partial charge in [0, 0.05) is 10.8 Å². The molecule has 0 spiro atoms. The van der Waals surface area contributed by atoms with Crippen LogP contribution >= 0.6 is 0 Å². The van der Waals surface area contributed by atoms with Gasteiger partial charge < -0.3 is 44.8 Å². The molecule has 262 valence electrons. The minimum Gasteiger partial charge on any atom is -0.481 e. The van der Waals surface area contributed by atoms with Gasteiger partial charge in [0.15, 0.2) is 6.29 Å². The van der Waals surface area contributed by atoms with E-state index < -0.39 is 77.7 Å². The SMILES string of the molecule is CC(C)[C@@H](C)[C@@]1(C)CC[C@]2(C)[C@H]3CC[C@@H]4[C@@]5(COC[C@]4(C)[C@@H](O[C@@H]4OC(CO)[C@@H](O)[C@H](O)C4O)[C@H](O)C5)C3=CC[C@@]2(C)[C@@H]1C(=O)O. The molecule has 0 aromatic carbocycles. The van der Waals surface area contributed by atoms with Crippen LogP contribution in [0.15, 0.2) is 11.6 Å². The second kappa shape index (κ2) is 11.5. The minimum atomic E-state index is -1.57. The van der Waals surface area contributed by atoms with Crippen molar-refractivity contribution in [2.45, 2.75) is 130 Å². The molecule has 4 aliphatic carbocycles. The van der Waals surface area contributed by atoms with Crippen LogP contribution in [0, 0.1) is 56.7 Å². The molecule has 0 aromatic heterocycles. The smallest absolute Gasteiger partial charge is 0.307 e. The third kappa shape index (κ3) is 4.53. The monoisotopic (exact) mass is 650 g/mol. The first-order valence-corrected chi connectivity index (χ1v) is 17.6. The van der Waals surface area contributed by atoms with Gasteiger partial charge in [0.05, 0.1) is 37.9 Å². The number of carboxylic acids is 1. The van der Waals surface area contributed by atoms with Gasteiger partial charge in [-0.25, -0.2) is 0 Å². The van der Waals surface area contributed by atoms with Gasteiger partial charge in [0.25, 0.3) is 0 Å². The molecule has 5 fully saturated rings. The highest BCUT2D eigenvalue weighted by molar-refractivity contribution is 5.73. The number of fused-ring (bicyclic) bond motifs is 3. The Morgan fingerprint density at radius 3 is 2.30 bits per heavy atom. The number of aliphatic hydroxyl groups is 5. The van der Waals surface area contributed by atoms with Gasteiger partial charge in [-0.05, 0) is 78.4 Å². The van der Waals surface area contributed by atoms with E-state index >= 15 is 0 Å². The molecule has 2 heterocycles. The predicted octanol–water partition coefficient (Wildman–Crippen LogP) is 3.12. The zero-order valence-electron chi connectivity index (χ0n) is 28.7. The van der Waals surface area contributed by atoms with Crippen molar-refractivity contribution >= 4 is 5.97 Å². The Bertz CT molecular complexity index is 1220. The van der Waals surface area contributed by atoms with Crippen molar-refractivity contribution in [3.05, 3.63) is 11.6 Å². The number of aliphatic carboxylic acids is 1. The summed E-state index contributed by atoms with van der Waals surface area (Å²) in [6, 6.07) is 0. The van der Waals surface area contributed by atoms with Crippen molar-refractivity contribution in [1.29, 1.82) is 0 Å². The van der Waals surface area contributed by atoms with E-state index in [4.69, 9.17) is 14.2 Å². The van der Waals surface area contributed by atoms with Crippen molar-refractivity contribution < 1.29 is 49.6 Å². The number of hydrogen-bond acceptors (Lipinski definition) is 9. The second-order valence-corrected chi connectivity index (χ2v) is 17.4. The van der Waals surface area contributed by atoms with Crippen LogP contribution in [0.1, 0.15) is 87.0 Å². The largest absolute Gasteiger partial charge is 0.481 e. The Balaban J connectivity index is 1.35. The van der Waals surface area contributed by atoms with E-state index in [1.165, 1.54) is 5.57 Å². The third-order valence-electron chi connectivity index (χ3n) is 15.2. The summed E-state index contributed by atoms with van der Waals surface area (Å²) in [7, 11) is 0. The molecule has 6 N–H and O–H groups in total. The zero-order valence-corrected chi connectivity index (χ0v) is 28.7. The summed E-state index contributed by atoms with van der Waals surface area (Å²) in [6.07, 6.45) is -1.79. The zero-order chi connectivity index (χ0) is 33.8. The number of rotatable bonds is 6. The molecular formula is C36H58O10. The molecule has 10 nitrogen and oxygen atoms in total. The topological polar surface area (TPSA) is 166 Å². The number of carboxylic acid groups (broad SMARTS) is 1. The third-order valence-corrected chi connectivity index (χ3v) is 15.2. The van der Waals surface area contributed by atoms with Crippen LogP contribution in [0.2, 0.25) is 0 Å². The Labute approximate surface area is 273 Å². The number of allylic oxidation sites excluding steroid dienone is 1. The molecule has 0 aromatic rings. The molecule has 0 amide bonds. The molecule has 2 saturated heterocycles. The van der Waals surface area contributed by atoms with E-state index in [1.807, 2.05) is 0 Å². The molecule has 6 aliphatic rings. The highest BCUT2D eigenvalue weighted by Crippen LogP contribution is 2.75. The quantitative estimate of drug-likeness (QED) is 0.186. The van der Waals surface area contributed by atoms with Crippen molar-refractivity contribution in [3.63, 3.8) is 0 Å². The van der Waals surface area contributed by atoms with Crippen molar-refractivity contribution in [2.75, 3.05) is 19.8 Å². The molecule has 46 heavy (non-hydrogen) atoms. The fourth-order valence-electron chi connectivity index (χ4n) is 12.2. The lowest BCUT2D eigenvalue weighted by Crippen LogP contribution is -2.71. The van der Waals surface area contributed by atoms with Gasteiger partial charge in [-0.2, -0.15) is 0 Å². The maximum absolute atomic E-state index is 13.3. The molecule has 3 saturated carbocycles. The first-order chi connectivity index (χ1) is 21.4. The van der Waals surface area contributed by atoms with Crippen molar-refractivity contribution in [1.82, 2.24) is 0 Å². The van der Waals surface area contributed by atoms with Crippen LogP contribution in [-0.4, -0.2) is 99.3 Å². The predicted molar refractivity (Wildman–Crippen MR) is 168 cm³/mol. The van der Waals surface area contributed by atoms with E-state index in [9.17, 15) is 35.4 Å². The van der Waals surface area contributed by atoms with Crippen LogP contribution in [0.25, 0.3) is 0 Å². The van der Waals surface area contributed by atoms with E-state index in [0.717, 1.165) is 25.7 Å². The Hall–Kier alpha value is -1.11. The molecule has 10 heteroatoms. The number of hydrogen-bond donors (Lipinski definition) is 6. The molecule has 2 bridgehead atoms. The normalized spacial score (nSPS) is 54.2.